The molecule has 0 amide bonds. The summed E-state index contributed by atoms with van der Waals surface area (Å²) in [4.78, 5) is 1.36. The van der Waals surface area contributed by atoms with E-state index >= 15 is 0 Å². The van der Waals surface area contributed by atoms with Crippen molar-refractivity contribution in [3.63, 3.8) is 0 Å². The SMILES string of the molecule is CCc1cc(OCCCN(Cc2ccc(OC(F)(F)F)cc2)CC(O)C(F)(F)F)ccc1Cl. The number of ether oxygens (including phenoxy) is 2. The Morgan fingerprint density at radius 3 is 2.21 bits per heavy atom. The lowest BCUT2D eigenvalue weighted by Crippen LogP contribution is -2.41. The van der Waals surface area contributed by atoms with Crippen LogP contribution in [0.2, 0.25) is 5.02 Å². The van der Waals surface area contributed by atoms with Gasteiger partial charge >= 0.3 is 12.5 Å². The molecule has 0 saturated carbocycles. The van der Waals surface area contributed by atoms with Crippen LogP contribution in [0.15, 0.2) is 42.5 Å². The van der Waals surface area contributed by atoms with Crippen molar-refractivity contribution in [3.8, 4) is 11.5 Å². The van der Waals surface area contributed by atoms with Gasteiger partial charge in [0.1, 0.15) is 11.5 Å². The van der Waals surface area contributed by atoms with E-state index in [1.165, 1.54) is 17.0 Å². The third kappa shape index (κ3) is 9.69. The smallest absolute Gasteiger partial charge is 0.494 e. The van der Waals surface area contributed by atoms with Gasteiger partial charge in [-0.25, -0.2) is 0 Å². The molecule has 0 saturated heterocycles. The Labute approximate surface area is 192 Å². The van der Waals surface area contributed by atoms with E-state index in [1.807, 2.05) is 6.92 Å². The summed E-state index contributed by atoms with van der Waals surface area (Å²) >= 11 is 6.06. The second-order valence-corrected chi connectivity index (χ2v) is 7.70. The van der Waals surface area contributed by atoms with E-state index in [1.54, 1.807) is 18.2 Å². The molecule has 4 nitrogen and oxygen atoms in total. The molecule has 0 radical (unpaired) electrons. The zero-order valence-corrected chi connectivity index (χ0v) is 18.5. The monoisotopic (exact) mass is 499 g/mol. The molecular weight excluding hydrogens is 476 g/mol. The number of benzene rings is 2. The van der Waals surface area contributed by atoms with Gasteiger partial charge in [0.2, 0.25) is 0 Å². The molecule has 1 atom stereocenters. The highest BCUT2D eigenvalue weighted by molar-refractivity contribution is 6.31. The second kappa shape index (κ2) is 11.8. The van der Waals surface area contributed by atoms with Crippen LogP contribution in [0, 0.1) is 0 Å². The Bertz CT molecular complexity index is 874. The van der Waals surface area contributed by atoms with Crippen LogP contribution in [0.5, 0.6) is 11.5 Å². The van der Waals surface area contributed by atoms with Gasteiger partial charge in [-0.15, -0.1) is 13.2 Å². The lowest BCUT2D eigenvalue weighted by Gasteiger charge is -2.26. The summed E-state index contributed by atoms with van der Waals surface area (Å²) in [6, 6.07) is 9.99. The van der Waals surface area contributed by atoms with Gasteiger partial charge in [-0.2, -0.15) is 13.2 Å². The maximum atomic E-state index is 12.8. The highest BCUT2D eigenvalue weighted by Crippen LogP contribution is 2.25. The molecule has 0 aliphatic heterocycles. The minimum absolute atomic E-state index is 0.0135. The van der Waals surface area contributed by atoms with Gasteiger partial charge in [-0.3, -0.25) is 4.90 Å². The average Bonchev–Trinajstić information content (AvgIpc) is 2.71. The van der Waals surface area contributed by atoms with Crippen molar-refractivity contribution in [3.05, 3.63) is 58.6 Å². The predicted molar refractivity (Wildman–Crippen MR) is 111 cm³/mol. The van der Waals surface area contributed by atoms with E-state index in [4.69, 9.17) is 16.3 Å². The molecular formula is C22H24ClF6NO3. The number of aliphatic hydroxyl groups excluding tert-OH is 1. The lowest BCUT2D eigenvalue weighted by atomic mass is 10.1. The predicted octanol–water partition coefficient (Wildman–Crippen LogP) is 6.00. The quantitative estimate of drug-likeness (QED) is 0.304. The van der Waals surface area contributed by atoms with E-state index in [0.29, 0.717) is 29.2 Å². The Morgan fingerprint density at radius 2 is 1.64 bits per heavy atom. The Morgan fingerprint density at radius 1 is 1.00 bits per heavy atom. The summed E-state index contributed by atoms with van der Waals surface area (Å²) in [6.07, 6.45) is -11.1. The zero-order chi connectivity index (χ0) is 24.6. The molecule has 0 aromatic heterocycles. The van der Waals surface area contributed by atoms with Crippen molar-refractivity contribution in [1.29, 1.82) is 0 Å². The maximum Gasteiger partial charge on any atom is 0.573 e. The van der Waals surface area contributed by atoms with Gasteiger partial charge in [0.25, 0.3) is 0 Å². The topological polar surface area (TPSA) is 41.9 Å². The van der Waals surface area contributed by atoms with Crippen LogP contribution in [-0.2, 0) is 13.0 Å². The molecule has 2 rings (SSSR count). The molecule has 0 aliphatic rings. The molecule has 33 heavy (non-hydrogen) atoms. The Balaban J connectivity index is 1.97. The zero-order valence-electron chi connectivity index (χ0n) is 17.7. The fraction of sp³-hybridized carbons (Fsp3) is 0.455. The number of halogens is 7. The lowest BCUT2D eigenvalue weighted by molar-refractivity contribution is -0.274. The maximum absolute atomic E-state index is 12.8. The number of aliphatic hydroxyl groups is 1. The highest BCUT2D eigenvalue weighted by Gasteiger charge is 2.39. The number of nitrogens with zero attached hydrogens (tertiary/aromatic N) is 1. The summed E-state index contributed by atoms with van der Waals surface area (Å²) in [6.45, 7) is 1.60. The van der Waals surface area contributed by atoms with E-state index < -0.39 is 30.9 Å². The van der Waals surface area contributed by atoms with Crippen molar-refractivity contribution in [2.24, 2.45) is 0 Å². The second-order valence-electron chi connectivity index (χ2n) is 7.29. The van der Waals surface area contributed by atoms with E-state index in [2.05, 4.69) is 4.74 Å². The van der Waals surface area contributed by atoms with Gasteiger partial charge in [0, 0.05) is 24.7 Å². The van der Waals surface area contributed by atoms with Crippen LogP contribution in [0.3, 0.4) is 0 Å². The third-order valence-corrected chi connectivity index (χ3v) is 5.03. The molecule has 11 heteroatoms. The van der Waals surface area contributed by atoms with E-state index in [-0.39, 0.29) is 19.7 Å². The summed E-state index contributed by atoms with van der Waals surface area (Å²) < 4.78 is 84.8. The average molecular weight is 500 g/mol. The molecule has 0 aliphatic carbocycles. The first-order valence-electron chi connectivity index (χ1n) is 10.1. The largest absolute Gasteiger partial charge is 0.573 e. The first-order chi connectivity index (χ1) is 15.4. The Hall–Kier alpha value is -2.17. The van der Waals surface area contributed by atoms with Gasteiger partial charge in [-0.05, 0) is 54.3 Å². The summed E-state index contributed by atoms with van der Waals surface area (Å²) in [5.74, 6) is 0.148. The first-order valence-corrected chi connectivity index (χ1v) is 10.5. The molecule has 0 spiro atoms. The van der Waals surface area contributed by atoms with Crippen LogP contribution in [0.1, 0.15) is 24.5 Å². The van der Waals surface area contributed by atoms with Gasteiger partial charge in [0.15, 0.2) is 6.10 Å². The number of hydrogen-bond donors (Lipinski definition) is 1. The van der Waals surface area contributed by atoms with Crippen molar-refractivity contribution in [2.75, 3.05) is 19.7 Å². The van der Waals surface area contributed by atoms with Crippen LogP contribution in [0.25, 0.3) is 0 Å². The fourth-order valence-corrected chi connectivity index (χ4v) is 3.28. The van der Waals surface area contributed by atoms with Crippen LogP contribution < -0.4 is 9.47 Å². The van der Waals surface area contributed by atoms with E-state index in [0.717, 1.165) is 17.7 Å². The number of alkyl halides is 6. The summed E-state index contributed by atoms with van der Waals surface area (Å²) in [5.41, 5.74) is 1.37. The minimum Gasteiger partial charge on any atom is -0.494 e. The van der Waals surface area contributed by atoms with Crippen molar-refractivity contribution in [2.45, 2.75) is 45.0 Å². The van der Waals surface area contributed by atoms with E-state index in [9.17, 15) is 31.4 Å². The normalized spacial score (nSPS) is 13.3. The van der Waals surface area contributed by atoms with Crippen molar-refractivity contribution >= 4 is 11.6 Å². The van der Waals surface area contributed by atoms with Gasteiger partial charge in [0.05, 0.1) is 6.61 Å². The molecule has 184 valence electrons. The Kier molecular flexibility index (Phi) is 9.69. The molecule has 2 aromatic carbocycles. The highest BCUT2D eigenvalue weighted by atomic mass is 35.5. The number of aryl methyl sites for hydroxylation is 1. The number of rotatable bonds is 11. The molecule has 0 heterocycles. The van der Waals surface area contributed by atoms with Gasteiger partial charge < -0.3 is 14.6 Å². The fourth-order valence-electron chi connectivity index (χ4n) is 3.03. The molecule has 1 unspecified atom stereocenters. The standard InChI is InChI=1S/C22H24ClF6NO3/c1-2-16-12-18(8-9-19(16)23)32-11-3-10-30(14-20(31)21(24,25)26)13-15-4-6-17(7-5-15)33-22(27,28)29/h4-9,12,20,31H,2-3,10-11,13-14H2,1H3. The first kappa shape index (κ1) is 27.1. The molecule has 2 aromatic rings. The van der Waals surface area contributed by atoms with Crippen molar-refractivity contribution < 1.29 is 40.9 Å². The van der Waals surface area contributed by atoms with Crippen LogP contribution >= 0.6 is 11.6 Å². The van der Waals surface area contributed by atoms with Gasteiger partial charge in [-0.1, -0.05) is 30.7 Å². The molecule has 0 fully saturated rings. The van der Waals surface area contributed by atoms with Crippen LogP contribution in [-0.4, -0.2) is 48.3 Å². The number of hydrogen-bond acceptors (Lipinski definition) is 4. The summed E-state index contributed by atoms with van der Waals surface area (Å²) in [7, 11) is 0. The van der Waals surface area contributed by atoms with Crippen molar-refractivity contribution in [1.82, 2.24) is 4.90 Å². The summed E-state index contributed by atoms with van der Waals surface area (Å²) in [5, 5.41) is 10.1. The third-order valence-electron chi connectivity index (χ3n) is 4.66. The minimum atomic E-state index is -4.84. The molecule has 0 bridgehead atoms. The van der Waals surface area contributed by atoms with Crippen LogP contribution in [0.4, 0.5) is 26.3 Å². The molecule has 1 N–H and O–H groups in total.